The first-order chi connectivity index (χ1) is 10.7. The highest BCUT2D eigenvalue weighted by Crippen LogP contribution is 2.26. The Kier molecular flexibility index (Phi) is 4.45. The minimum Gasteiger partial charge on any atom is -0.363 e. The van der Waals surface area contributed by atoms with E-state index in [1.54, 1.807) is 12.1 Å². The van der Waals surface area contributed by atoms with E-state index in [1.165, 1.54) is 6.26 Å². The van der Waals surface area contributed by atoms with Crippen molar-refractivity contribution in [3.05, 3.63) is 41.1 Å². The SMILES string of the molecule is CNCC1CCN(C(=O)c2conc2-c2ccc(Cl)cc2)C1. The molecule has 6 heteroatoms. The molecule has 1 aromatic carbocycles. The predicted molar refractivity (Wildman–Crippen MR) is 84.9 cm³/mol. The monoisotopic (exact) mass is 319 g/mol. The van der Waals surface area contributed by atoms with Gasteiger partial charge in [-0.3, -0.25) is 4.79 Å². The van der Waals surface area contributed by atoms with Gasteiger partial charge in [0.2, 0.25) is 0 Å². The highest BCUT2D eigenvalue weighted by atomic mass is 35.5. The van der Waals surface area contributed by atoms with Crippen LogP contribution in [0.3, 0.4) is 0 Å². The van der Waals surface area contributed by atoms with Crippen molar-refractivity contribution in [2.24, 2.45) is 5.92 Å². The van der Waals surface area contributed by atoms with Crippen LogP contribution in [0.15, 0.2) is 35.1 Å². The Hall–Kier alpha value is -1.85. The zero-order valence-electron chi connectivity index (χ0n) is 12.4. The number of carbonyl (C=O) groups is 1. The molecular weight excluding hydrogens is 302 g/mol. The van der Waals surface area contributed by atoms with E-state index in [4.69, 9.17) is 16.1 Å². The van der Waals surface area contributed by atoms with Crippen molar-refractivity contribution in [2.45, 2.75) is 6.42 Å². The van der Waals surface area contributed by atoms with E-state index in [1.807, 2.05) is 24.1 Å². The first-order valence-electron chi connectivity index (χ1n) is 7.33. The summed E-state index contributed by atoms with van der Waals surface area (Å²) in [6, 6.07) is 7.23. The van der Waals surface area contributed by atoms with Crippen LogP contribution >= 0.6 is 11.6 Å². The Morgan fingerprint density at radius 1 is 1.45 bits per heavy atom. The number of nitrogens with zero attached hydrogens (tertiary/aromatic N) is 2. The number of halogens is 1. The molecule has 3 rings (SSSR count). The molecule has 1 aliphatic rings. The maximum Gasteiger partial charge on any atom is 0.259 e. The van der Waals surface area contributed by atoms with Crippen LogP contribution in [0.4, 0.5) is 0 Å². The van der Waals surface area contributed by atoms with Crippen molar-refractivity contribution < 1.29 is 9.32 Å². The quantitative estimate of drug-likeness (QED) is 0.941. The number of aromatic nitrogens is 1. The maximum atomic E-state index is 12.7. The zero-order valence-corrected chi connectivity index (χ0v) is 13.1. The van der Waals surface area contributed by atoms with Gasteiger partial charge < -0.3 is 14.7 Å². The first kappa shape index (κ1) is 15.1. The summed E-state index contributed by atoms with van der Waals surface area (Å²) in [5, 5.41) is 7.80. The zero-order chi connectivity index (χ0) is 15.5. The van der Waals surface area contributed by atoms with E-state index in [0.717, 1.165) is 31.6 Å². The molecule has 116 valence electrons. The lowest BCUT2D eigenvalue weighted by molar-refractivity contribution is 0.0787. The Bertz CT molecular complexity index is 654. The van der Waals surface area contributed by atoms with Gasteiger partial charge in [-0.2, -0.15) is 0 Å². The van der Waals surface area contributed by atoms with E-state index >= 15 is 0 Å². The summed E-state index contributed by atoms with van der Waals surface area (Å²) in [5.74, 6) is 0.484. The standard InChI is InChI=1S/C16H18ClN3O2/c1-18-8-11-6-7-20(9-11)16(21)14-10-22-19-15(14)12-2-4-13(17)5-3-12/h2-5,10-11,18H,6-9H2,1H3. The Morgan fingerprint density at radius 2 is 2.23 bits per heavy atom. The number of hydrogen-bond donors (Lipinski definition) is 1. The van der Waals surface area contributed by atoms with Crippen molar-refractivity contribution >= 4 is 17.5 Å². The molecule has 1 amide bonds. The first-order valence-corrected chi connectivity index (χ1v) is 7.71. The second-order valence-electron chi connectivity index (χ2n) is 5.55. The molecule has 1 N–H and O–H groups in total. The number of amides is 1. The summed E-state index contributed by atoms with van der Waals surface area (Å²) >= 11 is 5.90. The van der Waals surface area contributed by atoms with Gasteiger partial charge in [-0.15, -0.1) is 0 Å². The molecular formula is C16H18ClN3O2. The number of likely N-dealkylation sites (tertiary alicyclic amines) is 1. The van der Waals surface area contributed by atoms with E-state index in [0.29, 0.717) is 22.2 Å². The average Bonchev–Trinajstić information content (AvgIpc) is 3.17. The molecule has 2 aromatic rings. The van der Waals surface area contributed by atoms with Crippen molar-refractivity contribution in [1.82, 2.24) is 15.4 Å². The van der Waals surface area contributed by atoms with E-state index in [-0.39, 0.29) is 5.91 Å². The molecule has 1 unspecified atom stereocenters. The molecule has 0 radical (unpaired) electrons. The predicted octanol–water partition coefficient (Wildman–Crippen LogP) is 2.68. The van der Waals surface area contributed by atoms with E-state index in [9.17, 15) is 4.79 Å². The second-order valence-corrected chi connectivity index (χ2v) is 5.98. The van der Waals surface area contributed by atoms with Gasteiger partial charge in [0.25, 0.3) is 5.91 Å². The van der Waals surface area contributed by atoms with Crippen LogP contribution in [0.5, 0.6) is 0 Å². The van der Waals surface area contributed by atoms with Crippen molar-refractivity contribution in [2.75, 3.05) is 26.7 Å². The normalized spacial score (nSPS) is 17.9. The highest BCUT2D eigenvalue weighted by Gasteiger charge is 2.29. The third-order valence-corrected chi connectivity index (χ3v) is 4.24. The fourth-order valence-corrected chi connectivity index (χ4v) is 2.97. The third-order valence-electron chi connectivity index (χ3n) is 3.98. The van der Waals surface area contributed by atoms with Gasteiger partial charge >= 0.3 is 0 Å². The fraction of sp³-hybridized carbons (Fsp3) is 0.375. The minimum absolute atomic E-state index is 0.0233. The summed E-state index contributed by atoms with van der Waals surface area (Å²) in [6.07, 6.45) is 2.45. The van der Waals surface area contributed by atoms with Crippen molar-refractivity contribution in [1.29, 1.82) is 0 Å². The molecule has 0 aliphatic carbocycles. The number of nitrogens with one attached hydrogen (secondary N) is 1. The number of benzene rings is 1. The largest absolute Gasteiger partial charge is 0.363 e. The lowest BCUT2D eigenvalue weighted by Crippen LogP contribution is -2.30. The maximum absolute atomic E-state index is 12.7. The van der Waals surface area contributed by atoms with Crippen LogP contribution in [0.1, 0.15) is 16.8 Å². The number of hydrogen-bond acceptors (Lipinski definition) is 4. The van der Waals surface area contributed by atoms with Gasteiger partial charge in [-0.1, -0.05) is 28.9 Å². The van der Waals surface area contributed by atoms with Crippen LogP contribution in [0.25, 0.3) is 11.3 Å². The van der Waals surface area contributed by atoms with Crippen LogP contribution in [0.2, 0.25) is 5.02 Å². The average molecular weight is 320 g/mol. The Balaban J connectivity index is 1.80. The van der Waals surface area contributed by atoms with Gasteiger partial charge in [-0.25, -0.2) is 0 Å². The molecule has 0 bridgehead atoms. The van der Waals surface area contributed by atoms with Crippen molar-refractivity contribution in [3.8, 4) is 11.3 Å². The number of rotatable bonds is 4. The summed E-state index contributed by atoms with van der Waals surface area (Å²) < 4.78 is 5.04. The lowest BCUT2D eigenvalue weighted by atomic mass is 10.1. The molecule has 1 aliphatic heterocycles. The summed E-state index contributed by atoms with van der Waals surface area (Å²) in [6.45, 7) is 2.47. The topological polar surface area (TPSA) is 58.4 Å². The molecule has 5 nitrogen and oxygen atoms in total. The van der Waals surface area contributed by atoms with Gasteiger partial charge in [0.15, 0.2) is 0 Å². The molecule has 1 fully saturated rings. The Morgan fingerprint density at radius 3 is 2.95 bits per heavy atom. The second kappa shape index (κ2) is 6.50. The minimum atomic E-state index is -0.0233. The van der Waals surface area contributed by atoms with Crippen LogP contribution in [0, 0.1) is 5.92 Å². The smallest absolute Gasteiger partial charge is 0.259 e. The fourth-order valence-electron chi connectivity index (χ4n) is 2.85. The highest BCUT2D eigenvalue weighted by molar-refractivity contribution is 6.30. The summed E-state index contributed by atoms with van der Waals surface area (Å²) in [5.41, 5.74) is 1.90. The number of carbonyl (C=O) groups excluding carboxylic acids is 1. The summed E-state index contributed by atoms with van der Waals surface area (Å²) in [7, 11) is 1.93. The molecule has 0 spiro atoms. The Labute approximate surface area is 134 Å². The van der Waals surface area contributed by atoms with E-state index in [2.05, 4.69) is 10.5 Å². The molecule has 22 heavy (non-hydrogen) atoms. The van der Waals surface area contributed by atoms with Crippen molar-refractivity contribution in [3.63, 3.8) is 0 Å². The van der Waals surface area contributed by atoms with Crippen LogP contribution < -0.4 is 5.32 Å². The van der Waals surface area contributed by atoms with Crippen LogP contribution in [-0.2, 0) is 0 Å². The van der Waals surface area contributed by atoms with Gasteiger partial charge in [0.1, 0.15) is 17.5 Å². The molecule has 1 atom stereocenters. The van der Waals surface area contributed by atoms with Gasteiger partial charge in [-0.05, 0) is 38.1 Å². The lowest BCUT2D eigenvalue weighted by Gasteiger charge is -2.16. The van der Waals surface area contributed by atoms with Gasteiger partial charge in [0, 0.05) is 23.7 Å². The molecule has 0 saturated carbocycles. The van der Waals surface area contributed by atoms with Crippen LogP contribution in [-0.4, -0.2) is 42.6 Å². The molecule has 1 saturated heterocycles. The summed E-state index contributed by atoms with van der Waals surface area (Å²) in [4.78, 5) is 14.6. The molecule has 1 aromatic heterocycles. The van der Waals surface area contributed by atoms with E-state index < -0.39 is 0 Å². The third kappa shape index (κ3) is 3.00. The van der Waals surface area contributed by atoms with Gasteiger partial charge in [0.05, 0.1) is 0 Å². The molecule has 2 heterocycles.